The molecule has 4 rings (SSSR count). The maximum absolute atomic E-state index is 13.6. The molecular formula is C23H15ClF7N5O2S. The lowest BCUT2D eigenvalue weighted by Gasteiger charge is -2.13. The van der Waals surface area contributed by atoms with Gasteiger partial charge in [0, 0.05) is 11.8 Å². The highest BCUT2D eigenvalue weighted by Gasteiger charge is 2.38. The van der Waals surface area contributed by atoms with Crippen molar-refractivity contribution in [2.24, 2.45) is 5.73 Å². The Morgan fingerprint density at radius 1 is 1.10 bits per heavy atom. The molecular weight excluding hydrogens is 579 g/mol. The SMILES string of the molecule is Cc1c(Cl)c(C(F)(F)F)nn1CCC(=O)Nc1c(C(N)=O)sc2nc(C(F)(F)F)cc(-c3ccc(F)cc3)c12. The van der Waals surface area contributed by atoms with E-state index >= 15 is 0 Å². The number of amides is 2. The predicted octanol–water partition coefficient (Wildman–Crippen LogP) is 6.43. The fourth-order valence-corrected chi connectivity index (χ4v) is 4.98. The summed E-state index contributed by atoms with van der Waals surface area (Å²) in [5.74, 6) is -2.54. The molecule has 3 aromatic heterocycles. The number of nitrogens with two attached hydrogens (primary N) is 1. The van der Waals surface area contributed by atoms with Gasteiger partial charge in [-0.2, -0.15) is 31.4 Å². The van der Waals surface area contributed by atoms with Crippen molar-refractivity contribution in [3.63, 3.8) is 0 Å². The number of hydrogen-bond donors (Lipinski definition) is 2. The maximum Gasteiger partial charge on any atom is 0.436 e. The smallest absolute Gasteiger partial charge is 0.365 e. The summed E-state index contributed by atoms with van der Waals surface area (Å²) < 4.78 is 94.4. The van der Waals surface area contributed by atoms with Crippen molar-refractivity contribution >= 4 is 50.7 Å². The third-order valence-electron chi connectivity index (χ3n) is 5.55. The number of hydrogen-bond acceptors (Lipinski definition) is 5. The van der Waals surface area contributed by atoms with Crippen LogP contribution in [0.3, 0.4) is 0 Å². The van der Waals surface area contributed by atoms with Gasteiger partial charge in [0.2, 0.25) is 5.91 Å². The van der Waals surface area contributed by atoms with Crippen LogP contribution in [0.1, 0.15) is 33.2 Å². The van der Waals surface area contributed by atoms with Gasteiger partial charge in [0.05, 0.1) is 22.9 Å². The number of carbonyl (C=O) groups excluding carboxylic acids is 2. The Kier molecular flexibility index (Phi) is 7.33. The molecule has 0 fully saturated rings. The lowest BCUT2D eigenvalue weighted by Crippen LogP contribution is -2.19. The highest BCUT2D eigenvalue weighted by molar-refractivity contribution is 7.21. The van der Waals surface area contributed by atoms with Crippen LogP contribution in [0.25, 0.3) is 21.3 Å². The second-order valence-corrected chi connectivity index (χ2v) is 9.55. The Bertz CT molecular complexity index is 1590. The molecule has 0 radical (unpaired) electrons. The Labute approximate surface area is 223 Å². The number of primary amides is 1. The van der Waals surface area contributed by atoms with Gasteiger partial charge in [0.15, 0.2) is 5.69 Å². The lowest BCUT2D eigenvalue weighted by atomic mass is 10.0. The van der Waals surface area contributed by atoms with E-state index in [1.165, 1.54) is 19.1 Å². The van der Waals surface area contributed by atoms with E-state index in [0.717, 1.165) is 16.8 Å². The molecule has 0 aliphatic heterocycles. The number of pyridine rings is 1. The molecule has 0 spiro atoms. The molecule has 0 unspecified atom stereocenters. The van der Waals surface area contributed by atoms with E-state index in [9.17, 15) is 40.3 Å². The molecule has 206 valence electrons. The summed E-state index contributed by atoms with van der Waals surface area (Å²) in [5.41, 5.74) is 2.53. The first-order chi connectivity index (χ1) is 18.1. The van der Waals surface area contributed by atoms with E-state index in [1.54, 1.807) is 0 Å². The van der Waals surface area contributed by atoms with Gasteiger partial charge in [-0.3, -0.25) is 14.3 Å². The van der Waals surface area contributed by atoms with E-state index in [1.807, 2.05) is 0 Å². The average molecular weight is 594 g/mol. The second kappa shape index (κ2) is 10.1. The molecule has 7 nitrogen and oxygen atoms in total. The summed E-state index contributed by atoms with van der Waals surface area (Å²) >= 11 is 6.22. The molecule has 39 heavy (non-hydrogen) atoms. The summed E-state index contributed by atoms with van der Waals surface area (Å²) in [4.78, 5) is 28.0. The minimum Gasteiger partial charge on any atom is -0.365 e. The molecule has 0 bridgehead atoms. The van der Waals surface area contributed by atoms with Gasteiger partial charge in [0.1, 0.15) is 21.2 Å². The number of halogens is 8. The Hall–Kier alpha value is -3.72. The first-order valence-corrected chi connectivity index (χ1v) is 12.0. The normalized spacial score (nSPS) is 12.2. The van der Waals surface area contributed by atoms with Crippen LogP contribution in [0.15, 0.2) is 30.3 Å². The number of aromatic nitrogens is 3. The Balaban J connectivity index is 1.76. The van der Waals surface area contributed by atoms with Crippen molar-refractivity contribution in [3.8, 4) is 11.1 Å². The summed E-state index contributed by atoms with van der Waals surface area (Å²) in [6, 6.07) is 5.14. The van der Waals surface area contributed by atoms with Crippen LogP contribution in [-0.4, -0.2) is 26.6 Å². The van der Waals surface area contributed by atoms with Crippen LogP contribution in [0, 0.1) is 12.7 Å². The Morgan fingerprint density at radius 3 is 2.28 bits per heavy atom. The number of alkyl halides is 6. The molecule has 0 aliphatic carbocycles. The topological polar surface area (TPSA) is 103 Å². The molecule has 0 saturated heterocycles. The monoisotopic (exact) mass is 593 g/mol. The highest BCUT2D eigenvalue weighted by Crippen LogP contribution is 2.44. The van der Waals surface area contributed by atoms with Crippen molar-refractivity contribution in [2.75, 3.05) is 5.32 Å². The van der Waals surface area contributed by atoms with Crippen LogP contribution >= 0.6 is 22.9 Å². The van der Waals surface area contributed by atoms with Crippen LogP contribution in [-0.2, 0) is 23.7 Å². The van der Waals surface area contributed by atoms with Gasteiger partial charge in [-0.15, -0.1) is 11.3 Å². The fraction of sp³-hybridized carbons (Fsp3) is 0.217. The van der Waals surface area contributed by atoms with E-state index in [-0.39, 0.29) is 44.1 Å². The Morgan fingerprint density at radius 2 is 1.74 bits per heavy atom. The van der Waals surface area contributed by atoms with E-state index in [2.05, 4.69) is 15.4 Å². The molecule has 0 atom stereocenters. The lowest BCUT2D eigenvalue weighted by molar-refractivity contribution is -0.142. The number of nitrogens with one attached hydrogen (secondary N) is 1. The molecule has 4 aromatic rings. The predicted molar refractivity (Wildman–Crippen MR) is 129 cm³/mol. The molecule has 16 heteroatoms. The van der Waals surface area contributed by atoms with Gasteiger partial charge in [0.25, 0.3) is 5.91 Å². The second-order valence-electron chi connectivity index (χ2n) is 8.18. The van der Waals surface area contributed by atoms with E-state index in [4.69, 9.17) is 17.3 Å². The first-order valence-electron chi connectivity index (χ1n) is 10.8. The van der Waals surface area contributed by atoms with Gasteiger partial charge < -0.3 is 11.1 Å². The quantitative estimate of drug-likeness (QED) is 0.252. The van der Waals surface area contributed by atoms with Crippen molar-refractivity contribution in [1.29, 1.82) is 0 Å². The van der Waals surface area contributed by atoms with Gasteiger partial charge in [-0.25, -0.2) is 9.37 Å². The van der Waals surface area contributed by atoms with Crippen LogP contribution in [0.2, 0.25) is 5.02 Å². The fourth-order valence-electron chi connectivity index (χ4n) is 3.73. The number of aryl methyl sites for hydroxylation is 1. The zero-order valence-corrected chi connectivity index (χ0v) is 21.0. The zero-order chi connectivity index (χ0) is 28.9. The third-order valence-corrected chi connectivity index (χ3v) is 7.10. The standard InChI is InChI=1S/C23H15ClF7N5O2S/c1-9-16(24)19(23(29,30)31)35-36(9)7-6-14(37)34-17-15-12(10-2-4-11(25)5-3-10)8-13(22(26,27)28)33-21(15)39-18(17)20(32)38/h2-5,8H,6-7H2,1H3,(H2,32,38)(H,34,37). The maximum atomic E-state index is 13.6. The van der Waals surface area contributed by atoms with Crippen molar-refractivity contribution < 1.29 is 40.3 Å². The summed E-state index contributed by atoms with van der Waals surface area (Å²) in [6.07, 6.45) is -10.1. The number of benzene rings is 1. The number of carbonyl (C=O) groups is 2. The minimum absolute atomic E-state index is 0.0434. The average Bonchev–Trinajstić information content (AvgIpc) is 3.34. The van der Waals surface area contributed by atoms with Crippen molar-refractivity contribution in [2.45, 2.75) is 32.2 Å². The number of anilines is 1. The number of rotatable bonds is 6. The van der Waals surface area contributed by atoms with Crippen molar-refractivity contribution in [3.05, 3.63) is 63.1 Å². The molecule has 2 amide bonds. The van der Waals surface area contributed by atoms with Crippen molar-refractivity contribution in [1.82, 2.24) is 14.8 Å². The number of fused-ring (bicyclic) bond motifs is 1. The summed E-state index contributed by atoms with van der Waals surface area (Å²) in [7, 11) is 0. The van der Waals surface area contributed by atoms with Gasteiger partial charge >= 0.3 is 12.4 Å². The largest absolute Gasteiger partial charge is 0.436 e. The molecule has 1 aromatic carbocycles. The highest BCUT2D eigenvalue weighted by atomic mass is 35.5. The molecule has 0 aliphatic rings. The van der Waals surface area contributed by atoms with Crippen LogP contribution in [0.4, 0.5) is 36.4 Å². The van der Waals surface area contributed by atoms with E-state index in [0.29, 0.717) is 17.4 Å². The van der Waals surface area contributed by atoms with Gasteiger partial charge in [-0.1, -0.05) is 23.7 Å². The number of nitrogens with zero attached hydrogens (tertiary/aromatic N) is 3. The summed E-state index contributed by atoms with van der Waals surface area (Å²) in [5, 5.41) is 5.13. The van der Waals surface area contributed by atoms with E-state index < -0.39 is 52.8 Å². The first kappa shape index (κ1) is 28.3. The molecule has 3 heterocycles. The third kappa shape index (κ3) is 5.68. The minimum atomic E-state index is -4.87. The molecule has 3 N–H and O–H groups in total. The zero-order valence-electron chi connectivity index (χ0n) is 19.5. The number of thiophene rings is 1. The van der Waals surface area contributed by atoms with Crippen LogP contribution < -0.4 is 11.1 Å². The van der Waals surface area contributed by atoms with Gasteiger partial charge in [-0.05, 0) is 36.2 Å². The molecule has 0 saturated carbocycles. The van der Waals surface area contributed by atoms with Crippen LogP contribution in [0.5, 0.6) is 0 Å². The summed E-state index contributed by atoms with van der Waals surface area (Å²) in [6.45, 7) is 0.932.